The number of hydrogen-bond acceptors (Lipinski definition) is 8. The minimum Gasteiger partial charge on any atom is -0.493 e. The lowest BCUT2D eigenvalue weighted by atomic mass is 9.83. The first kappa shape index (κ1) is 45.3. The molecular formula is C35H64Cl2N4O6. The summed E-state index contributed by atoms with van der Waals surface area (Å²) in [6.45, 7) is 16.5. The Bertz CT molecular complexity index is 997. The Hall–Kier alpha value is -1.66. The molecule has 4 atom stereocenters. The maximum Gasteiger partial charge on any atom is 0.255 e. The summed E-state index contributed by atoms with van der Waals surface area (Å²) in [5, 5.41) is 17.2. The highest BCUT2D eigenvalue weighted by Crippen LogP contribution is 2.25. The third-order valence-corrected chi connectivity index (χ3v) is 8.80. The second-order valence-electron chi connectivity index (χ2n) is 13.2. The minimum atomic E-state index is -0.816. The van der Waals surface area contributed by atoms with Crippen molar-refractivity contribution in [3.63, 3.8) is 0 Å². The fourth-order valence-electron chi connectivity index (χ4n) is 5.57. The standard InChI is InChI=1S/C35H62N4O6.2ClH/c1-7-8-13-37-35(42)30(26(4)5)22-32(40)31(36)21-28(25(2)3)23-38-34(41)29-12-11-27(24-39-14-18-44-19-15-39)20-33(29)45-17-10-9-16-43-6;;/h11-12,20,25-26,28,30-32,40H,7-10,13-19,21-24,36H2,1-6H3,(H,37,42)(H,38,41);2*1H/t28-,30+,31+,32+;;/m1../s1. The van der Waals surface area contributed by atoms with Crippen molar-refractivity contribution in [3.8, 4) is 5.75 Å². The van der Waals surface area contributed by atoms with Crippen molar-refractivity contribution in [1.29, 1.82) is 0 Å². The van der Waals surface area contributed by atoms with Gasteiger partial charge in [0.2, 0.25) is 5.91 Å². The minimum absolute atomic E-state index is 0. The molecule has 0 aromatic heterocycles. The fraction of sp³-hybridized carbons (Fsp3) is 0.771. The zero-order chi connectivity index (χ0) is 33.2. The van der Waals surface area contributed by atoms with Crippen LogP contribution in [0.1, 0.15) is 89.1 Å². The number of benzene rings is 1. The third-order valence-electron chi connectivity index (χ3n) is 8.80. The van der Waals surface area contributed by atoms with Crippen LogP contribution in [0.2, 0.25) is 0 Å². The van der Waals surface area contributed by atoms with Gasteiger partial charge in [0.15, 0.2) is 0 Å². The third kappa shape index (κ3) is 17.0. The van der Waals surface area contributed by atoms with Gasteiger partial charge in [-0.05, 0) is 67.6 Å². The van der Waals surface area contributed by atoms with Crippen molar-refractivity contribution in [2.24, 2.45) is 29.4 Å². The van der Waals surface area contributed by atoms with Crippen LogP contribution in [-0.2, 0) is 20.8 Å². The van der Waals surface area contributed by atoms with Gasteiger partial charge in [0.25, 0.3) is 5.91 Å². The summed E-state index contributed by atoms with van der Waals surface area (Å²) in [6.07, 6.45) is 3.69. The topological polar surface area (TPSA) is 135 Å². The fourth-order valence-corrected chi connectivity index (χ4v) is 5.57. The molecule has 0 radical (unpaired) electrons. The van der Waals surface area contributed by atoms with Crippen LogP contribution >= 0.6 is 24.8 Å². The number of morpholine rings is 1. The van der Waals surface area contributed by atoms with Gasteiger partial charge in [-0.15, -0.1) is 24.8 Å². The van der Waals surface area contributed by atoms with Crippen LogP contribution in [0.3, 0.4) is 0 Å². The highest BCUT2D eigenvalue weighted by Gasteiger charge is 2.30. The lowest BCUT2D eigenvalue weighted by Gasteiger charge is -2.30. The monoisotopic (exact) mass is 706 g/mol. The summed E-state index contributed by atoms with van der Waals surface area (Å²) in [6, 6.07) is 5.32. The van der Waals surface area contributed by atoms with Gasteiger partial charge in [0.05, 0.1) is 31.5 Å². The Kier molecular flexibility index (Phi) is 24.4. The molecule has 1 heterocycles. The molecule has 1 saturated heterocycles. The largest absolute Gasteiger partial charge is 0.493 e. The number of amides is 2. The summed E-state index contributed by atoms with van der Waals surface area (Å²) in [5.74, 6) is 0.432. The van der Waals surface area contributed by atoms with E-state index in [1.54, 1.807) is 7.11 Å². The normalized spacial score (nSPS) is 16.0. The van der Waals surface area contributed by atoms with E-state index in [4.69, 9.17) is 19.9 Å². The van der Waals surface area contributed by atoms with E-state index in [0.29, 0.717) is 50.5 Å². The number of unbranched alkanes of at least 4 members (excludes halogenated alkanes) is 2. The second-order valence-corrected chi connectivity index (χ2v) is 13.2. The van der Waals surface area contributed by atoms with E-state index in [1.807, 2.05) is 32.0 Å². The number of methoxy groups -OCH3 is 1. The molecule has 47 heavy (non-hydrogen) atoms. The lowest BCUT2D eigenvalue weighted by Crippen LogP contribution is -2.44. The first-order chi connectivity index (χ1) is 21.6. The first-order valence-electron chi connectivity index (χ1n) is 17.1. The molecule has 1 aromatic rings. The van der Waals surface area contributed by atoms with Gasteiger partial charge in [-0.3, -0.25) is 14.5 Å². The summed E-state index contributed by atoms with van der Waals surface area (Å²) in [5.41, 5.74) is 8.12. The molecule has 274 valence electrons. The van der Waals surface area contributed by atoms with Gasteiger partial charge in [0.1, 0.15) is 5.75 Å². The molecule has 2 amide bonds. The van der Waals surface area contributed by atoms with Crippen LogP contribution in [0.4, 0.5) is 0 Å². The summed E-state index contributed by atoms with van der Waals surface area (Å²) < 4.78 is 16.8. The summed E-state index contributed by atoms with van der Waals surface area (Å²) in [4.78, 5) is 28.6. The Morgan fingerprint density at radius 2 is 1.68 bits per heavy atom. The van der Waals surface area contributed by atoms with Crippen molar-refractivity contribution in [1.82, 2.24) is 15.5 Å². The SMILES string of the molecule is CCCCNC(=O)[C@@H](C[C@H](O)[C@@H](N)C[C@H](CNC(=O)c1ccc(CN2CCOCC2)cc1OCCCCOC)C(C)C)C(C)C.Cl.Cl. The van der Waals surface area contributed by atoms with Crippen molar-refractivity contribution in [3.05, 3.63) is 29.3 Å². The van der Waals surface area contributed by atoms with Crippen molar-refractivity contribution < 1.29 is 28.9 Å². The molecular weight excluding hydrogens is 643 g/mol. The summed E-state index contributed by atoms with van der Waals surface area (Å²) >= 11 is 0. The van der Waals surface area contributed by atoms with Crippen LogP contribution in [0.15, 0.2) is 18.2 Å². The number of nitrogens with zero attached hydrogens (tertiary/aromatic N) is 1. The van der Waals surface area contributed by atoms with Gasteiger partial charge < -0.3 is 35.7 Å². The molecule has 12 heteroatoms. The lowest BCUT2D eigenvalue weighted by molar-refractivity contribution is -0.127. The Morgan fingerprint density at radius 1 is 1.00 bits per heavy atom. The van der Waals surface area contributed by atoms with Gasteiger partial charge in [0, 0.05) is 58.4 Å². The number of hydrogen-bond donors (Lipinski definition) is 4. The quantitative estimate of drug-likeness (QED) is 0.126. The van der Waals surface area contributed by atoms with Gasteiger partial charge in [-0.1, -0.05) is 47.1 Å². The van der Waals surface area contributed by atoms with Gasteiger partial charge in [-0.25, -0.2) is 0 Å². The van der Waals surface area contributed by atoms with Gasteiger partial charge >= 0.3 is 0 Å². The number of ether oxygens (including phenoxy) is 3. The molecule has 2 rings (SSSR count). The molecule has 1 fully saturated rings. The zero-order valence-corrected chi connectivity index (χ0v) is 31.3. The van der Waals surface area contributed by atoms with Crippen molar-refractivity contribution in [2.45, 2.75) is 91.8 Å². The maximum atomic E-state index is 13.5. The molecule has 0 saturated carbocycles. The van der Waals surface area contributed by atoms with E-state index in [9.17, 15) is 14.7 Å². The molecule has 1 aromatic carbocycles. The highest BCUT2D eigenvalue weighted by molar-refractivity contribution is 5.97. The molecule has 0 spiro atoms. The first-order valence-corrected chi connectivity index (χ1v) is 17.1. The number of nitrogens with one attached hydrogen (secondary N) is 2. The number of rotatable bonds is 22. The van der Waals surface area contributed by atoms with Crippen LogP contribution in [0.5, 0.6) is 5.75 Å². The Labute approximate surface area is 296 Å². The molecule has 0 aliphatic carbocycles. The summed E-state index contributed by atoms with van der Waals surface area (Å²) in [7, 11) is 1.69. The Morgan fingerprint density at radius 3 is 2.30 bits per heavy atom. The van der Waals surface area contributed by atoms with E-state index in [1.165, 1.54) is 0 Å². The molecule has 0 unspecified atom stereocenters. The molecule has 5 N–H and O–H groups in total. The second kappa shape index (κ2) is 25.3. The van der Waals surface area contributed by atoms with Crippen LogP contribution in [-0.4, -0.2) is 93.7 Å². The van der Waals surface area contributed by atoms with E-state index >= 15 is 0 Å². The van der Waals surface area contributed by atoms with Gasteiger partial charge in [-0.2, -0.15) is 0 Å². The van der Waals surface area contributed by atoms with E-state index in [2.05, 4.69) is 36.3 Å². The molecule has 1 aliphatic rings. The van der Waals surface area contributed by atoms with E-state index in [0.717, 1.165) is 64.1 Å². The van der Waals surface area contributed by atoms with Crippen LogP contribution < -0.4 is 21.1 Å². The maximum absolute atomic E-state index is 13.5. The zero-order valence-electron chi connectivity index (χ0n) is 29.6. The van der Waals surface area contributed by atoms with Crippen molar-refractivity contribution >= 4 is 36.6 Å². The number of carbonyl (C=O) groups excluding carboxylic acids is 2. The van der Waals surface area contributed by atoms with E-state index < -0.39 is 12.1 Å². The number of halogens is 2. The average Bonchev–Trinajstić information content (AvgIpc) is 3.01. The van der Waals surface area contributed by atoms with Crippen LogP contribution in [0.25, 0.3) is 0 Å². The number of nitrogens with two attached hydrogens (primary N) is 1. The Balaban J connectivity index is 0.0000106. The highest BCUT2D eigenvalue weighted by atomic mass is 35.5. The number of aliphatic hydroxyl groups excluding tert-OH is 1. The van der Waals surface area contributed by atoms with Crippen molar-refractivity contribution in [2.75, 3.05) is 59.7 Å². The molecule has 0 bridgehead atoms. The smallest absolute Gasteiger partial charge is 0.255 e. The number of aliphatic hydroxyl groups is 1. The average molecular weight is 708 g/mol. The predicted molar refractivity (Wildman–Crippen MR) is 194 cm³/mol. The van der Waals surface area contributed by atoms with Crippen LogP contribution in [0, 0.1) is 23.7 Å². The van der Waals surface area contributed by atoms with E-state index in [-0.39, 0.29) is 60.3 Å². The number of carbonyl (C=O) groups is 2. The predicted octanol–water partition coefficient (Wildman–Crippen LogP) is 4.83. The molecule has 10 nitrogen and oxygen atoms in total. The molecule has 1 aliphatic heterocycles.